The largest absolute Gasteiger partial charge is 0.370 e. The van der Waals surface area contributed by atoms with Gasteiger partial charge in [0.1, 0.15) is 12.2 Å². The quantitative estimate of drug-likeness (QED) is 0.456. The summed E-state index contributed by atoms with van der Waals surface area (Å²) in [4.78, 5) is 12.6. The number of hydrogen-bond donors (Lipinski definition) is 0. The van der Waals surface area contributed by atoms with Crippen molar-refractivity contribution in [1.29, 1.82) is 0 Å². The van der Waals surface area contributed by atoms with Gasteiger partial charge in [0, 0.05) is 25.4 Å². The van der Waals surface area contributed by atoms with Gasteiger partial charge in [-0.15, -0.1) is 0 Å². The average molecular weight is 485 g/mol. The van der Waals surface area contributed by atoms with Gasteiger partial charge >= 0.3 is 0 Å². The van der Waals surface area contributed by atoms with Crippen LogP contribution in [0.4, 0.5) is 0 Å². The van der Waals surface area contributed by atoms with Crippen LogP contribution in [0.1, 0.15) is 23.1 Å². The molecule has 186 valence electrons. The van der Waals surface area contributed by atoms with Crippen molar-refractivity contribution in [2.75, 3.05) is 13.1 Å². The Morgan fingerprint density at radius 3 is 1.64 bits per heavy atom. The highest BCUT2D eigenvalue weighted by Crippen LogP contribution is 2.45. The molecule has 6 nitrogen and oxygen atoms in total. The first-order chi connectivity index (χ1) is 17.8. The van der Waals surface area contributed by atoms with Crippen molar-refractivity contribution >= 4 is 5.91 Å². The maximum absolute atomic E-state index is 12.6. The number of hydrazine groups is 1. The third-order valence-corrected chi connectivity index (χ3v) is 7.58. The van der Waals surface area contributed by atoms with Crippen molar-refractivity contribution in [3.8, 4) is 0 Å². The van der Waals surface area contributed by atoms with Gasteiger partial charge in [-0.05, 0) is 16.7 Å². The van der Waals surface area contributed by atoms with E-state index < -0.39 is 0 Å². The summed E-state index contributed by atoms with van der Waals surface area (Å²) < 4.78 is 19.9. The van der Waals surface area contributed by atoms with Crippen molar-refractivity contribution in [2.24, 2.45) is 5.92 Å². The van der Waals surface area contributed by atoms with Crippen LogP contribution in [0.3, 0.4) is 0 Å². The number of rotatable bonds is 9. The lowest BCUT2D eigenvalue weighted by molar-refractivity contribution is -0.153. The first-order valence-electron chi connectivity index (χ1n) is 12.8. The molecule has 3 aromatic rings. The number of carbonyl (C=O) groups is 1. The summed E-state index contributed by atoms with van der Waals surface area (Å²) in [5, 5.41) is 4.13. The Morgan fingerprint density at radius 2 is 1.11 bits per heavy atom. The number of benzene rings is 3. The van der Waals surface area contributed by atoms with Gasteiger partial charge in [-0.1, -0.05) is 91.0 Å². The molecule has 6 rings (SSSR count). The summed E-state index contributed by atoms with van der Waals surface area (Å²) in [7, 11) is 0. The zero-order chi connectivity index (χ0) is 24.3. The lowest BCUT2D eigenvalue weighted by atomic mass is 10.0. The van der Waals surface area contributed by atoms with Crippen LogP contribution in [0.15, 0.2) is 91.0 Å². The molecule has 1 aliphatic carbocycles. The Bertz CT molecular complexity index is 1140. The molecular formula is C30H32N2O4. The third-order valence-electron chi connectivity index (χ3n) is 7.58. The van der Waals surface area contributed by atoms with Crippen molar-refractivity contribution in [2.45, 2.75) is 50.6 Å². The van der Waals surface area contributed by atoms with E-state index in [1.807, 2.05) is 59.6 Å². The Balaban J connectivity index is 1.28. The maximum Gasteiger partial charge on any atom is 0.238 e. The Morgan fingerprint density at radius 1 is 0.639 bits per heavy atom. The van der Waals surface area contributed by atoms with Crippen LogP contribution in [0.2, 0.25) is 0 Å². The SMILES string of the molecule is O=C1CCN2[C@@H]3[C@H](CN12)[C@H](OCc1ccccc1)[C@H](OCc1ccccc1)[C@H]3OCc1ccccc1. The Kier molecular flexibility index (Phi) is 6.84. The number of fused-ring (bicyclic) bond motifs is 3. The van der Waals surface area contributed by atoms with E-state index in [4.69, 9.17) is 14.2 Å². The number of carbonyl (C=O) groups excluding carboxylic acids is 1. The van der Waals surface area contributed by atoms with E-state index in [9.17, 15) is 4.79 Å². The van der Waals surface area contributed by atoms with Gasteiger partial charge < -0.3 is 14.2 Å². The fourth-order valence-corrected chi connectivity index (χ4v) is 5.89. The maximum atomic E-state index is 12.6. The molecular weight excluding hydrogens is 452 g/mol. The average Bonchev–Trinajstić information content (AvgIpc) is 3.56. The van der Waals surface area contributed by atoms with Crippen molar-refractivity contribution in [3.63, 3.8) is 0 Å². The lowest BCUT2D eigenvalue weighted by Crippen LogP contribution is -2.47. The molecule has 2 saturated heterocycles. The van der Waals surface area contributed by atoms with Crippen LogP contribution >= 0.6 is 0 Å². The normalized spacial score (nSPS) is 27.4. The summed E-state index contributed by atoms with van der Waals surface area (Å²) in [5.74, 6) is 0.314. The number of hydrogen-bond acceptors (Lipinski definition) is 5. The van der Waals surface area contributed by atoms with E-state index in [1.54, 1.807) is 0 Å². The zero-order valence-corrected chi connectivity index (χ0v) is 20.3. The number of amides is 1. The van der Waals surface area contributed by atoms with E-state index in [2.05, 4.69) is 41.4 Å². The van der Waals surface area contributed by atoms with Gasteiger partial charge in [0.25, 0.3) is 0 Å². The zero-order valence-electron chi connectivity index (χ0n) is 20.3. The second-order valence-electron chi connectivity index (χ2n) is 9.83. The van der Waals surface area contributed by atoms with Crippen LogP contribution in [-0.4, -0.2) is 53.4 Å². The van der Waals surface area contributed by atoms with Gasteiger partial charge in [0.05, 0.1) is 32.0 Å². The molecule has 2 aliphatic heterocycles. The van der Waals surface area contributed by atoms with E-state index in [0.717, 1.165) is 23.2 Å². The Hall–Kier alpha value is -3.03. The first-order valence-corrected chi connectivity index (χ1v) is 12.8. The van der Waals surface area contributed by atoms with Crippen molar-refractivity contribution in [3.05, 3.63) is 108 Å². The second-order valence-corrected chi connectivity index (χ2v) is 9.83. The van der Waals surface area contributed by atoms with Crippen molar-refractivity contribution in [1.82, 2.24) is 10.0 Å². The van der Waals surface area contributed by atoms with E-state index in [-0.39, 0.29) is 36.2 Å². The summed E-state index contributed by atoms with van der Waals surface area (Å²) in [6.07, 6.45) is -0.0844. The monoisotopic (exact) mass is 484 g/mol. The molecule has 3 fully saturated rings. The molecule has 1 saturated carbocycles. The molecule has 0 N–H and O–H groups in total. The van der Waals surface area contributed by atoms with Gasteiger partial charge in [-0.2, -0.15) is 0 Å². The third kappa shape index (κ3) is 4.70. The molecule has 2 heterocycles. The van der Waals surface area contributed by atoms with Crippen molar-refractivity contribution < 1.29 is 19.0 Å². The van der Waals surface area contributed by atoms with Gasteiger partial charge in [-0.3, -0.25) is 9.80 Å². The fraction of sp³-hybridized carbons (Fsp3) is 0.367. The molecule has 6 heteroatoms. The van der Waals surface area contributed by atoms with Gasteiger partial charge in [0.15, 0.2) is 0 Å². The molecule has 36 heavy (non-hydrogen) atoms. The molecule has 0 bridgehead atoms. The minimum Gasteiger partial charge on any atom is -0.370 e. The Labute approximate surface area is 212 Å². The van der Waals surface area contributed by atoms with E-state index in [0.29, 0.717) is 32.8 Å². The summed E-state index contributed by atoms with van der Waals surface area (Å²) in [6, 6.07) is 30.7. The van der Waals surface area contributed by atoms with E-state index >= 15 is 0 Å². The van der Waals surface area contributed by atoms with Crippen LogP contribution < -0.4 is 0 Å². The van der Waals surface area contributed by atoms with Crippen LogP contribution in [-0.2, 0) is 38.8 Å². The predicted octanol–water partition coefficient (Wildman–Crippen LogP) is 4.20. The second kappa shape index (κ2) is 10.5. The summed E-state index contributed by atoms with van der Waals surface area (Å²) >= 11 is 0. The fourth-order valence-electron chi connectivity index (χ4n) is 5.89. The highest BCUT2D eigenvalue weighted by molar-refractivity contribution is 5.78. The topological polar surface area (TPSA) is 51.2 Å². The van der Waals surface area contributed by atoms with Gasteiger partial charge in [-0.25, -0.2) is 5.01 Å². The van der Waals surface area contributed by atoms with E-state index in [1.165, 1.54) is 0 Å². The van der Waals surface area contributed by atoms with Crippen LogP contribution in [0.25, 0.3) is 0 Å². The molecule has 5 atom stereocenters. The minimum atomic E-state index is -0.245. The number of ether oxygens (including phenoxy) is 3. The molecule has 3 aliphatic rings. The highest BCUT2D eigenvalue weighted by atomic mass is 16.6. The minimum absolute atomic E-state index is 0.0432. The summed E-state index contributed by atoms with van der Waals surface area (Å²) in [5.41, 5.74) is 3.37. The lowest BCUT2D eigenvalue weighted by Gasteiger charge is -2.32. The molecule has 0 unspecified atom stereocenters. The first kappa shape index (κ1) is 23.4. The molecule has 0 aromatic heterocycles. The summed E-state index contributed by atoms with van der Waals surface area (Å²) in [6.45, 7) is 2.86. The predicted molar refractivity (Wildman–Crippen MR) is 135 cm³/mol. The highest BCUT2D eigenvalue weighted by Gasteiger charge is 2.61. The number of nitrogens with zero attached hydrogens (tertiary/aromatic N) is 2. The molecule has 0 spiro atoms. The molecule has 1 amide bonds. The van der Waals surface area contributed by atoms with Crippen LogP contribution in [0.5, 0.6) is 0 Å². The standard InChI is InChI=1S/C30H32N2O4/c33-26-16-17-31-27-25(18-32(26)31)28(34-19-22-10-4-1-5-11-22)30(36-21-24-14-8-3-9-15-24)29(27)35-20-23-12-6-2-7-13-23/h1-15,25,27-30H,16-21H2/t25-,27+,28-,29-,30-/m0/s1. The van der Waals surface area contributed by atoms with Crippen LogP contribution in [0, 0.1) is 5.92 Å². The molecule has 3 aromatic carbocycles. The smallest absolute Gasteiger partial charge is 0.238 e. The van der Waals surface area contributed by atoms with Gasteiger partial charge in [0.2, 0.25) is 5.91 Å². The molecule has 0 radical (unpaired) electrons.